The molecule has 0 saturated heterocycles. The molecule has 0 aliphatic carbocycles. The summed E-state index contributed by atoms with van der Waals surface area (Å²) in [6.45, 7) is 3.77. The van der Waals surface area contributed by atoms with E-state index in [1.165, 1.54) is 12.1 Å². The van der Waals surface area contributed by atoms with Gasteiger partial charge in [-0.2, -0.15) is 5.06 Å². The highest BCUT2D eigenvalue weighted by atomic mass is 19.3. The number of hydrogen-bond acceptors (Lipinski definition) is 2. The van der Waals surface area contributed by atoms with Crippen molar-refractivity contribution in [2.24, 2.45) is 0 Å². The van der Waals surface area contributed by atoms with E-state index in [1.807, 2.05) is 0 Å². The number of alkyl halides is 2. The molecule has 0 aliphatic rings. The number of hydroxylamine groups is 2. The Bertz CT molecular complexity index is 360. The summed E-state index contributed by atoms with van der Waals surface area (Å²) in [6.07, 6.45) is -1.00. The molecular weight excluding hydrogens is 224 g/mol. The smallest absolute Gasteiger partial charge is 0.263 e. The van der Waals surface area contributed by atoms with E-state index in [9.17, 15) is 8.78 Å². The van der Waals surface area contributed by atoms with Crippen LogP contribution in [0.3, 0.4) is 0 Å². The molecule has 17 heavy (non-hydrogen) atoms. The lowest BCUT2D eigenvalue weighted by Crippen LogP contribution is -2.11. The second kappa shape index (κ2) is 6.35. The predicted molar refractivity (Wildman–Crippen MR) is 63.6 cm³/mol. The third kappa shape index (κ3) is 4.95. The Hall–Kier alpha value is -1.42. The van der Waals surface area contributed by atoms with Crippen LogP contribution in [-0.2, 0) is 11.3 Å². The summed E-state index contributed by atoms with van der Waals surface area (Å²) in [7, 11) is 3.56. The highest BCUT2D eigenvalue weighted by molar-refractivity contribution is 5.23. The summed E-state index contributed by atoms with van der Waals surface area (Å²) in [5.74, 6) is 0.660. The van der Waals surface area contributed by atoms with Crippen molar-refractivity contribution in [3.05, 3.63) is 47.7 Å². The molecule has 2 nitrogen and oxygen atoms in total. The number of allylic oxidation sites excluding steroid dienone is 1. The molecule has 0 amide bonds. The molecule has 94 valence electrons. The molecule has 0 bridgehead atoms. The zero-order valence-corrected chi connectivity index (χ0v) is 10.1. The monoisotopic (exact) mass is 241 g/mol. The van der Waals surface area contributed by atoms with Gasteiger partial charge >= 0.3 is 0 Å². The minimum Gasteiger partial charge on any atom is -0.412 e. The normalized spacial score (nSPS) is 10.9. The fourth-order valence-corrected chi connectivity index (χ4v) is 1.42. The van der Waals surface area contributed by atoms with Crippen LogP contribution in [-0.4, -0.2) is 19.2 Å². The molecule has 1 rings (SSSR count). The maximum Gasteiger partial charge on any atom is 0.263 e. The molecule has 0 aromatic heterocycles. The second-order valence-electron chi connectivity index (χ2n) is 3.98. The van der Waals surface area contributed by atoms with Crippen LogP contribution in [0.4, 0.5) is 8.78 Å². The molecular formula is C13H17F2NO. The Morgan fingerprint density at radius 2 is 1.88 bits per heavy atom. The van der Waals surface area contributed by atoms with Crippen LogP contribution in [0.15, 0.2) is 36.6 Å². The average Bonchev–Trinajstić information content (AvgIpc) is 2.26. The van der Waals surface area contributed by atoms with Gasteiger partial charge in [-0.15, -0.1) is 0 Å². The zero-order valence-electron chi connectivity index (χ0n) is 10.1. The highest BCUT2D eigenvalue weighted by Gasteiger charge is 2.06. The van der Waals surface area contributed by atoms with Crippen molar-refractivity contribution in [2.45, 2.75) is 19.3 Å². The van der Waals surface area contributed by atoms with Crippen LogP contribution < -0.4 is 0 Å². The first kappa shape index (κ1) is 13.6. The highest BCUT2D eigenvalue weighted by Crippen LogP contribution is 2.19. The SMILES string of the molecule is C=C(CCc1ccc(C(F)F)cc1)ON(C)C. The minimum absolute atomic E-state index is 0.0529. The van der Waals surface area contributed by atoms with Crippen LogP contribution in [0.5, 0.6) is 0 Å². The number of benzene rings is 1. The van der Waals surface area contributed by atoms with E-state index in [4.69, 9.17) is 4.84 Å². The molecule has 1 aromatic carbocycles. The Kier molecular flexibility index (Phi) is 5.10. The van der Waals surface area contributed by atoms with Crippen molar-refractivity contribution in [1.29, 1.82) is 0 Å². The molecule has 0 aliphatic heterocycles. The number of halogens is 2. The summed E-state index contributed by atoms with van der Waals surface area (Å²) in [5, 5.41) is 1.57. The number of rotatable bonds is 6. The first-order chi connectivity index (χ1) is 7.99. The third-order valence-corrected chi connectivity index (χ3v) is 2.24. The molecule has 0 saturated carbocycles. The fourth-order valence-electron chi connectivity index (χ4n) is 1.42. The van der Waals surface area contributed by atoms with Crippen LogP contribution in [0.1, 0.15) is 24.0 Å². The summed E-state index contributed by atoms with van der Waals surface area (Å²) in [4.78, 5) is 5.25. The van der Waals surface area contributed by atoms with E-state index >= 15 is 0 Å². The van der Waals surface area contributed by atoms with Gasteiger partial charge in [0.25, 0.3) is 6.43 Å². The quantitative estimate of drug-likeness (QED) is 0.557. The number of hydrogen-bond donors (Lipinski definition) is 0. The standard InChI is InChI=1S/C13H17F2NO/c1-10(17-16(2)3)4-5-11-6-8-12(9-7-11)13(14)15/h6-9,13H,1,4-5H2,2-3H3. The summed E-state index contributed by atoms with van der Waals surface area (Å²) in [6, 6.07) is 6.33. The molecule has 0 fully saturated rings. The van der Waals surface area contributed by atoms with Crippen LogP contribution >= 0.6 is 0 Å². The van der Waals surface area contributed by atoms with E-state index in [2.05, 4.69) is 6.58 Å². The van der Waals surface area contributed by atoms with E-state index in [0.717, 1.165) is 12.0 Å². The van der Waals surface area contributed by atoms with Gasteiger partial charge < -0.3 is 4.84 Å². The van der Waals surface area contributed by atoms with Crippen molar-refractivity contribution in [3.63, 3.8) is 0 Å². The number of nitrogens with zero attached hydrogens (tertiary/aromatic N) is 1. The lowest BCUT2D eigenvalue weighted by Gasteiger charge is -2.14. The van der Waals surface area contributed by atoms with Crippen molar-refractivity contribution < 1.29 is 13.6 Å². The first-order valence-corrected chi connectivity index (χ1v) is 5.39. The second-order valence-corrected chi connectivity index (χ2v) is 3.98. The van der Waals surface area contributed by atoms with Crippen molar-refractivity contribution in [1.82, 2.24) is 5.06 Å². The largest absolute Gasteiger partial charge is 0.412 e. The lowest BCUT2D eigenvalue weighted by molar-refractivity contribution is -0.0762. The Balaban J connectivity index is 2.44. The average molecular weight is 241 g/mol. The van der Waals surface area contributed by atoms with Gasteiger partial charge in [-0.3, -0.25) is 0 Å². The van der Waals surface area contributed by atoms with Crippen molar-refractivity contribution in [2.75, 3.05) is 14.1 Å². The Morgan fingerprint density at radius 3 is 2.35 bits per heavy atom. The molecule has 0 unspecified atom stereocenters. The van der Waals surface area contributed by atoms with E-state index < -0.39 is 6.43 Å². The summed E-state index contributed by atoms with van der Waals surface area (Å²) < 4.78 is 24.6. The van der Waals surface area contributed by atoms with Gasteiger partial charge in [0.15, 0.2) is 0 Å². The third-order valence-electron chi connectivity index (χ3n) is 2.24. The fraction of sp³-hybridized carbons (Fsp3) is 0.385. The van der Waals surface area contributed by atoms with Crippen LogP contribution in [0.2, 0.25) is 0 Å². The molecule has 4 heteroatoms. The topological polar surface area (TPSA) is 12.5 Å². The molecule has 1 aromatic rings. The van der Waals surface area contributed by atoms with E-state index in [1.54, 1.807) is 31.3 Å². The summed E-state index contributed by atoms with van der Waals surface area (Å²) in [5.41, 5.74) is 1.05. The van der Waals surface area contributed by atoms with Gasteiger partial charge in [0.05, 0.1) is 0 Å². The molecule has 0 atom stereocenters. The van der Waals surface area contributed by atoms with Gasteiger partial charge in [0.1, 0.15) is 5.76 Å². The van der Waals surface area contributed by atoms with Crippen LogP contribution in [0.25, 0.3) is 0 Å². The summed E-state index contributed by atoms with van der Waals surface area (Å²) >= 11 is 0. The van der Waals surface area contributed by atoms with Crippen molar-refractivity contribution >= 4 is 0 Å². The Labute approximate surface area is 100 Å². The van der Waals surface area contributed by atoms with E-state index in [0.29, 0.717) is 12.2 Å². The van der Waals surface area contributed by atoms with E-state index in [-0.39, 0.29) is 5.56 Å². The van der Waals surface area contributed by atoms with Gasteiger partial charge in [-0.1, -0.05) is 30.8 Å². The molecule has 0 radical (unpaired) electrons. The molecule has 0 heterocycles. The molecule has 0 spiro atoms. The maximum absolute atomic E-state index is 12.3. The zero-order chi connectivity index (χ0) is 12.8. The molecule has 0 N–H and O–H groups in total. The van der Waals surface area contributed by atoms with Crippen molar-refractivity contribution in [3.8, 4) is 0 Å². The Morgan fingerprint density at radius 1 is 1.29 bits per heavy atom. The lowest BCUT2D eigenvalue weighted by atomic mass is 10.1. The maximum atomic E-state index is 12.3. The number of aryl methyl sites for hydroxylation is 1. The first-order valence-electron chi connectivity index (χ1n) is 5.39. The van der Waals surface area contributed by atoms with Gasteiger partial charge in [0.2, 0.25) is 0 Å². The minimum atomic E-state index is -2.41. The van der Waals surface area contributed by atoms with Crippen LogP contribution in [0, 0.1) is 0 Å². The van der Waals surface area contributed by atoms with Gasteiger partial charge in [-0.05, 0) is 12.0 Å². The van der Waals surface area contributed by atoms with Gasteiger partial charge in [0, 0.05) is 26.1 Å². The van der Waals surface area contributed by atoms with Gasteiger partial charge in [-0.25, -0.2) is 8.78 Å². The predicted octanol–water partition coefficient (Wildman–Crippen LogP) is 3.56.